The lowest BCUT2D eigenvalue weighted by atomic mass is 10.1. The molecule has 1 saturated heterocycles. The number of nitrogens with one attached hydrogen (secondary N) is 1. The molecule has 0 bridgehead atoms. The van der Waals surface area contributed by atoms with Crippen molar-refractivity contribution in [3.05, 3.63) is 52.0 Å². The van der Waals surface area contributed by atoms with Gasteiger partial charge in [-0.3, -0.25) is 4.79 Å². The molecule has 0 radical (unpaired) electrons. The first-order chi connectivity index (χ1) is 12.1. The molecule has 1 fully saturated rings. The molecule has 0 spiro atoms. The van der Waals surface area contributed by atoms with Gasteiger partial charge in [-0.25, -0.2) is 0 Å². The Morgan fingerprint density at radius 1 is 1.16 bits per heavy atom. The van der Waals surface area contributed by atoms with Crippen LogP contribution in [0.5, 0.6) is 5.75 Å². The van der Waals surface area contributed by atoms with Crippen molar-refractivity contribution in [1.29, 1.82) is 0 Å². The van der Waals surface area contributed by atoms with Crippen molar-refractivity contribution in [3.63, 3.8) is 0 Å². The molecule has 5 nitrogen and oxygen atoms in total. The fourth-order valence-electron chi connectivity index (χ4n) is 2.74. The van der Waals surface area contributed by atoms with Gasteiger partial charge in [0.1, 0.15) is 0 Å². The number of methoxy groups -OCH3 is 1. The first kappa shape index (κ1) is 17.9. The number of morpholine rings is 1. The maximum absolute atomic E-state index is 12.6. The third-order valence-electron chi connectivity index (χ3n) is 3.97. The average Bonchev–Trinajstić information content (AvgIpc) is 2.62. The molecular formula is C18H18Cl2N2O3. The lowest BCUT2D eigenvalue weighted by Crippen LogP contribution is -2.36. The second-order valence-corrected chi connectivity index (χ2v) is 6.36. The third kappa shape index (κ3) is 4.00. The average molecular weight is 381 g/mol. The van der Waals surface area contributed by atoms with Crippen LogP contribution in [0.3, 0.4) is 0 Å². The third-order valence-corrected chi connectivity index (χ3v) is 4.53. The number of hydrogen-bond donors (Lipinski definition) is 1. The summed E-state index contributed by atoms with van der Waals surface area (Å²) in [6, 6.07) is 10.8. The van der Waals surface area contributed by atoms with E-state index in [1.165, 1.54) is 7.11 Å². The molecule has 132 valence electrons. The summed E-state index contributed by atoms with van der Waals surface area (Å²) in [4.78, 5) is 14.8. The monoisotopic (exact) mass is 380 g/mol. The van der Waals surface area contributed by atoms with Crippen LogP contribution in [0.15, 0.2) is 36.4 Å². The number of anilines is 2. The van der Waals surface area contributed by atoms with E-state index >= 15 is 0 Å². The molecule has 7 heteroatoms. The van der Waals surface area contributed by atoms with Gasteiger partial charge in [-0.1, -0.05) is 35.3 Å². The predicted molar refractivity (Wildman–Crippen MR) is 100 cm³/mol. The molecule has 1 N–H and O–H groups in total. The normalized spacial score (nSPS) is 14.3. The number of nitrogens with zero attached hydrogens (tertiary/aromatic N) is 1. The van der Waals surface area contributed by atoms with Crippen LogP contribution in [0.1, 0.15) is 10.4 Å². The quantitative estimate of drug-likeness (QED) is 0.867. The van der Waals surface area contributed by atoms with Gasteiger partial charge < -0.3 is 19.7 Å². The highest BCUT2D eigenvalue weighted by molar-refractivity contribution is 6.37. The van der Waals surface area contributed by atoms with Crippen LogP contribution in [0.25, 0.3) is 0 Å². The van der Waals surface area contributed by atoms with E-state index in [-0.39, 0.29) is 5.91 Å². The largest absolute Gasteiger partial charge is 0.494 e. The maximum Gasteiger partial charge on any atom is 0.255 e. The van der Waals surface area contributed by atoms with Crippen LogP contribution in [0.2, 0.25) is 10.0 Å². The van der Waals surface area contributed by atoms with Crippen molar-refractivity contribution >= 4 is 40.5 Å². The van der Waals surface area contributed by atoms with E-state index < -0.39 is 0 Å². The summed E-state index contributed by atoms with van der Waals surface area (Å²) >= 11 is 12.2. The Morgan fingerprint density at radius 3 is 2.44 bits per heavy atom. The summed E-state index contributed by atoms with van der Waals surface area (Å²) in [5.74, 6) is 0.0702. The van der Waals surface area contributed by atoms with Gasteiger partial charge in [-0.2, -0.15) is 0 Å². The van der Waals surface area contributed by atoms with Gasteiger partial charge >= 0.3 is 0 Å². The van der Waals surface area contributed by atoms with Gasteiger partial charge in [0.15, 0.2) is 5.75 Å². The van der Waals surface area contributed by atoms with Crippen molar-refractivity contribution in [2.45, 2.75) is 0 Å². The van der Waals surface area contributed by atoms with Gasteiger partial charge in [0.05, 0.1) is 41.7 Å². The van der Waals surface area contributed by atoms with E-state index in [1.54, 1.807) is 12.1 Å². The topological polar surface area (TPSA) is 50.8 Å². The van der Waals surface area contributed by atoms with Crippen LogP contribution >= 0.6 is 23.2 Å². The van der Waals surface area contributed by atoms with Gasteiger partial charge in [0.25, 0.3) is 5.91 Å². The zero-order valence-electron chi connectivity index (χ0n) is 13.7. The summed E-state index contributed by atoms with van der Waals surface area (Å²) < 4.78 is 10.5. The number of amides is 1. The molecule has 1 aliphatic heterocycles. The molecule has 25 heavy (non-hydrogen) atoms. The Morgan fingerprint density at radius 2 is 1.80 bits per heavy atom. The standard InChI is InChI=1S/C18H18Cl2N2O3/c1-24-17-13(19)10-12(11-14(17)20)18(23)21-15-4-2-3-5-16(15)22-6-8-25-9-7-22/h2-5,10-11H,6-9H2,1H3,(H,21,23). The van der Waals surface area contributed by atoms with Crippen LogP contribution in [-0.2, 0) is 4.74 Å². The van der Waals surface area contributed by atoms with Gasteiger partial charge in [0, 0.05) is 18.7 Å². The van der Waals surface area contributed by atoms with Crippen LogP contribution < -0.4 is 15.0 Å². The summed E-state index contributed by atoms with van der Waals surface area (Å²) in [6.45, 7) is 2.91. The Bertz CT molecular complexity index is 754. The van der Waals surface area contributed by atoms with Crippen LogP contribution in [-0.4, -0.2) is 39.3 Å². The molecule has 3 rings (SSSR count). The molecule has 2 aromatic carbocycles. The van der Waals surface area contributed by atoms with E-state index in [0.717, 1.165) is 24.5 Å². The zero-order chi connectivity index (χ0) is 17.8. The molecule has 2 aromatic rings. The highest BCUT2D eigenvalue weighted by Crippen LogP contribution is 2.34. The number of benzene rings is 2. The SMILES string of the molecule is COc1c(Cl)cc(C(=O)Nc2ccccc2N2CCOCC2)cc1Cl. The zero-order valence-corrected chi connectivity index (χ0v) is 15.2. The predicted octanol–water partition coefficient (Wildman–Crippen LogP) is 4.09. The van der Waals surface area contributed by atoms with Crippen molar-refractivity contribution in [1.82, 2.24) is 0 Å². The molecule has 0 saturated carbocycles. The molecule has 1 heterocycles. The van der Waals surface area contributed by atoms with Crippen molar-refractivity contribution < 1.29 is 14.3 Å². The molecule has 0 aliphatic carbocycles. The van der Waals surface area contributed by atoms with E-state index in [1.807, 2.05) is 24.3 Å². The highest BCUT2D eigenvalue weighted by atomic mass is 35.5. The number of carbonyl (C=O) groups is 1. The first-order valence-electron chi connectivity index (χ1n) is 7.86. The van der Waals surface area contributed by atoms with Crippen LogP contribution in [0, 0.1) is 0 Å². The fourth-order valence-corrected chi connectivity index (χ4v) is 3.38. The fraction of sp³-hybridized carbons (Fsp3) is 0.278. The van der Waals surface area contributed by atoms with Gasteiger partial charge in [-0.15, -0.1) is 0 Å². The highest BCUT2D eigenvalue weighted by Gasteiger charge is 2.18. The molecule has 0 unspecified atom stereocenters. The van der Waals surface area contributed by atoms with Crippen molar-refractivity contribution in [2.24, 2.45) is 0 Å². The Kier molecular flexibility index (Phi) is 5.68. The number of halogens is 2. The van der Waals surface area contributed by atoms with E-state index in [0.29, 0.717) is 34.6 Å². The molecule has 1 amide bonds. The van der Waals surface area contributed by atoms with E-state index in [9.17, 15) is 4.79 Å². The summed E-state index contributed by atoms with van der Waals surface area (Å²) in [7, 11) is 1.48. The van der Waals surface area contributed by atoms with Crippen molar-refractivity contribution in [2.75, 3.05) is 43.6 Å². The molecule has 0 aromatic heterocycles. The number of hydrogen-bond acceptors (Lipinski definition) is 4. The first-order valence-corrected chi connectivity index (χ1v) is 8.62. The molecule has 0 atom stereocenters. The minimum atomic E-state index is -0.285. The summed E-state index contributed by atoms with van der Waals surface area (Å²) in [5, 5.41) is 3.52. The van der Waals surface area contributed by atoms with Gasteiger partial charge in [-0.05, 0) is 24.3 Å². The maximum atomic E-state index is 12.6. The second-order valence-electron chi connectivity index (χ2n) is 5.54. The Hall–Kier alpha value is -1.95. The molecular weight excluding hydrogens is 363 g/mol. The Balaban J connectivity index is 1.84. The minimum absolute atomic E-state index is 0.285. The lowest BCUT2D eigenvalue weighted by Gasteiger charge is -2.30. The van der Waals surface area contributed by atoms with Crippen LogP contribution in [0.4, 0.5) is 11.4 Å². The number of carbonyl (C=O) groups excluding carboxylic acids is 1. The van der Waals surface area contributed by atoms with Gasteiger partial charge in [0.2, 0.25) is 0 Å². The summed E-state index contributed by atoms with van der Waals surface area (Å²) in [6.07, 6.45) is 0. The molecule has 1 aliphatic rings. The lowest BCUT2D eigenvalue weighted by molar-refractivity contribution is 0.102. The van der Waals surface area contributed by atoms with E-state index in [2.05, 4.69) is 10.2 Å². The minimum Gasteiger partial charge on any atom is -0.494 e. The Labute approximate surface area is 156 Å². The second kappa shape index (κ2) is 7.95. The number of ether oxygens (including phenoxy) is 2. The summed E-state index contributed by atoms with van der Waals surface area (Å²) in [5.41, 5.74) is 2.06. The van der Waals surface area contributed by atoms with E-state index in [4.69, 9.17) is 32.7 Å². The van der Waals surface area contributed by atoms with Crippen molar-refractivity contribution in [3.8, 4) is 5.75 Å². The number of para-hydroxylation sites is 2. The number of rotatable bonds is 4. The smallest absolute Gasteiger partial charge is 0.255 e.